The Hall–Kier alpha value is -3.12. The van der Waals surface area contributed by atoms with Crippen LogP contribution in [0.4, 0.5) is 0 Å². The van der Waals surface area contributed by atoms with Crippen LogP contribution in [0.3, 0.4) is 0 Å². The van der Waals surface area contributed by atoms with Gasteiger partial charge in [0.05, 0.1) is 11.6 Å². The van der Waals surface area contributed by atoms with Gasteiger partial charge in [0.15, 0.2) is 0 Å². The molecule has 0 radical (unpaired) electrons. The van der Waals surface area contributed by atoms with Crippen molar-refractivity contribution in [1.29, 1.82) is 0 Å². The second kappa shape index (κ2) is 8.27. The van der Waals surface area contributed by atoms with Crippen molar-refractivity contribution in [2.45, 2.75) is 18.9 Å². The second-order valence-corrected chi connectivity index (χ2v) is 6.82. The highest BCUT2D eigenvalue weighted by Crippen LogP contribution is 2.39. The number of hydrogen-bond acceptors (Lipinski definition) is 5. The van der Waals surface area contributed by atoms with Gasteiger partial charge in [0.2, 0.25) is 0 Å². The van der Waals surface area contributed by atoms with Crippen molar-refractivity contribution in [3.63, 3.8) is 0 Å². The number of Topliss-reactive ketones (excluding diaryl/α,β-unsaturated/α-hetero) is 1. The van der Waals surface area contributed by atoms with Crippen LogP contribution in [0.15, 0.2) is 60.2 Å². The van der Waals surface area contributed by atoms with Crippen LogP contribution in [-0.2, 0) is 14.4 Å². The summed E-state index contributed by atoms with van der Waals surface area (Å²) in [5, 5.41) is 22.0. The molecule has 3 rings (SSSR count). The molecule has 0 bridgehead atoms. The van der Waals surface area contributed by atoms with E-state index in [0.29, 0.717) is 16.1 Å². The molecule has 0 spiro atoms. The molecule has 0 unspecified atom stereocenters. The minimum absolute atomic E-state index is 0.0352. The lowest BCUT2D eigenvalue weighted by molar-refractivity contribution is -0.305. The molecule has 1 heterocycles. The first-order valence-electron chi connectivity index (χ1n) is 8.69. The van der Waals surface area contributed by atoms with Crippen molar-refractivity contribution in [2.24, 2.45) is 0 Å². The van der Waals surface area contributed by atoms with Gasteiger partial charge in [-0.15, -0.1) is 0 Å². The Balaban J connectivity index is 2.08. The van der Waals surface area contributed by atoms with Crippen molar-refractivity contribution in [2.75, 3.05) is 6.54 Å². The minimum atomic E-state index is -1.23. The molecule has 1 aliphatic heterocycles. The zero-order chi connectivity index (χ0) is 20.3. The largest absolute Gasteiger partial charge is 0.550 e. The van der Waals surface area contributed by atoms with Gasteiger partial charge in [-0.2, -0.15) is 0 Å². The fourth-order valence-electron chi connectivity index (χ4n) is 3.25. The SMILES string of the molecule is O=C([O-])CCCN1C(=O)C(=O)C(=C(O)c2ccccc2)[C@@H]1c1ccc(Cl)cc1. The summed E-state index contributed by atoms with van der Waals surface area (Å²) in [7, 11) is 0. The summed E-state index contributed by atoms with van der Waals surface area (Å²) in [5.41, 5.74) is 0.968. The number of aliphatic carboxylic acids is 1. The third kappa shape index (κ3) is 3.92. The van der Waals surface area contributed by atoms with Crippen molar-refractivity contribution in [3.8, 4) is 0 Å². The molecular formula is C21H17ClNO5-. The summed E-state index contributed by atoms with van der Waals surface area (Å²) >= 11 is 5.94. The molecule has 0 saturated carbocycles. The number of hydrogen-bond donors (Lipinski definition) is 1. The molecule has 1 N–H and O–H groups in total. The van der Waals surface area contributed by atoms with Gasteiger partial charge in [0.25, 0.3) is 11.7 Å². The first-order chi connectivity index (χ1) is 13.4. The highest BCUT2D eigenvalue weighted by atomic mass is 35.5. The number of likely N-dealkylation sites (tertiary alicyclic amines) is 1. The maximum Gasteiger partial charge on any atom is 0.295 e. The number of amides is 1. The van der Waals surface area contributed by atoms with Crippen molar-refractivity contribution >= 4 is 35.0 Å². The lowest BCUT2D eigenvalue weighted by atomic mass is 9.95. The van der Waals surface area contributed by atoms with Crippen LogP contribution in [0.25, 0.3) is 5.76 Å². The first-order valence-corrected chi connectivity index (χ1v) is 9.07. The minimum Gasteiger partial charge on any atom is -0.550 e. The molecule has 1 aliphatic rings. The third-order valence-electron chi connectivity index (χ3n) is 4.55. The number of carbonyl (C=O) groups is 3. The monoisotopic (exact) mass is 398 g/mol. The van der Waals surface area contributed by atoms with Gasteiger partial charge in [-0.25, -0.2) is 0 Å². The van der Waals surface area contributed by atoms with Crippen LogP contribution < -0.4 is 5.11 Å². The maximum absolute atomic E-state index is 12.7. The Morgan fingerprint density at radius 1 is 1.07 bits per heavy atom. The quantitative estimate of drug-likeness (QED) is 0.457. The molecule has 1 atom stereocenters. The van der Waals surface area contributed by atoms with Crippen molar-refractivity contribution < 1.29 is 24.6 Å². The smallest absolute Gasteiger partial charge is 0.295 e. The maximum atomic E-state index is 12.7. The molecule has 7 heteroatoms. The fourth-order valence-corrected chi connectivity index (χ4v) is 3.37. The summed E-state index contributed by atoms with van der Waals surface area (Å²) in [6.45, 7) is 0.0391. The van der Waals surface area contributed by atoms with Gasteiger partial charge in [0, 0.05) is 23.1 Å². The van der Waals surface area contributed by atoms with Crippen LogP contribution >= 0.6 is 11.6 Å². The van der Waals surface area contributed by atoms with Crippen molar-refractivity contribution in [3.05, 3.63) is 76.3 Å². The molecule has 2 aromatic rings. The normalized spacial score (nSPS) is 18.5. The fraction of sp³-hybridized carbons (Fsp3) is 0.190. The van der Waals surface area contributed by atoms with E-state index in [4.69, 9.17) is 11.6 Å². The molecule has 28 heavy (non-hydrogen) atoms. The summed E-state index contributed by atoms with van der Waals surface area (Å²) < 4.78 is 0. The van der Waals surface area contributed by atoms with Crippen LogP contribution in [-0.4, -0.2) is 34.2 Å². The van der Waals surface area contributed by atoms with Crippen LogP contribution in [0.1, 0.15) is 30.0 Å². The molecule has 0 aliphatic carbocycles. The van der Waals surface area contributed by atoms with E-state index in [2.05, 4.69) is 0 Å². The average molecular weight is 399 g/mol. The third-order valence-corrected chi connectivity index (χ3v) is 4.80. The molecule has 6 nitrogen and oxygen atoms in total. The van der Waals surface area contributed by atoms with E-state index in [1.54, 1.807) is 54.6 Å². The summed E-state index contributed by atoms with van der Waals surface area (Å²) in [4.78, 5) is 37.3. The van der Waals surface area contributed by atoms with Gasteiger partial charge < -0.3 is 19.9 Å². The summed E-state index contributed by atoms with van der Waals surface area (Å²) in [6.07, 6.45) is -0.111. The highest BCUT2D eigenvalue weighted by molar-refractivity contribution is 6.46. The van der Waals surface area contributed by atoms with E-state index in [-0.39, 0.29) is 30.7 Å². The van der Waals surface area contributed by atoms with Crippen LogP contribution in [0.5, 0.6) is 0 Å². The number of carboxylic acids is 1. The zero-order valence-electron chi connectivity index (χ0n) is 14.8. The van der Waals surface area contributed by atoms with E-state index in [9.17, 15) is 24.6 Å². The average Bonchev–Trinajstić information content (AvgIpc) is 2.93. The number of carboxylic acid groups (broad SMARTS) is 1. The van der Waals surface area contributed by atoms with Crippen molar-refractivity contribution in [1.82, 2.24) is 4.90 Å². The van der Waals surface area contributed by atoms with E-state index < -0.39 is 23.7 Å². The Morgan fingerprint density at radius 3 is 2.32 bits per heavy atom. The van der Waals surface area contributed by atoms with Gasteiger partial charge in [-0.05, 0) is 30.5 Å². The molecule has 2 aromatic carbocycles. The Bertz CT molecular complexity index is 937. The summed E-state index contributed by atoms with van der Waals surface area (Å²) in [6, 6.07) is 14.2. The van der Waals surface area contributed by atoms with Gasteiger partial charge >= 0.3 is 0 Å². The number of benzene rings is 2. The van der Waals surface area contributed by atoms with Crippen LogP contribution in [0.2, 0.25) is 5.02 Å². The number of aliphatic hydroxyl groups excluding tert-OH is 1. The predicted octanol–water partition coefficient (Wildman–Crippen LogP) is 2.29. The number of halogens is 1. The van der Waals surface area contributed by atoms with Crippen LogP contribution in [0, 0.1) is 0 Å². The van der Waals surface area contributed by atoms with E-state index in [0.717, 1.165) is 0 Å². The number of nitrogens with zero attached hydrogens (tertiary/aromatic N) is 1. The highest BCUT2D eigenvalue weighted by Gasteiger charge is 2.45. The molecule has 144 valence electrons. The number of carbonyl (C=O) groups excluding carboxylic acids is 3. The molecule has 1 saturated heterocycles. The van der Waals surface area contributed by atoms with Gasteiger partial charge in [-0.1, -0.05) is 54.1 Å². The topological polar surface area (TPSA) is 97.7 Å². The number of aliphatic hydroxyl groups is 1. The Morgan fingerprint density at radius 2 is 1.71 bits per heavy atom. The Kier molecular flexibility index (Phi) is 5.80. The molecule has 0 aromatic heterocycles. The standard InChI is InChI=1S/C21H18ClNO5/c22-15-10-8-13(9-11-15)18-17(19(26)14-5-2-1-3-6-14)20(27)21(28)23(18)12-4-7-16(24)25/h1-3,5-6,8-11,18,26H,4,7,12H2,(H,24,25)/p-1/t18-/m0/s1. The van der Waals surface area contributed by atoms with E-state index in [1.807, 2.05) is 0 Å². The lowest BCUT2D eigenvalue weighted by Gasteiger charge is -2.25. The molecular weight excluding hydrogens is 382 g/mol. The number of rotatable bonds is 6. The van der Waals surface area contributed by atoms with Gasteiger partial charge in [-0.3, -0.25) is 9.59 Å². The van der Waals surface area contributed by atoms with Gasteiger partial charge in [0.1, 0.15) is 5.76 Å². The zero-order valence-corrected chi connectivity index (χ0v) is 15.6. The molecule has 1 fully saturated rings. The molecule has 1 amide bonds. The lowest BCUT2D eigenvalue weighted by Crippen LogP contribution is -2.32. The Labute approximate surface area is 166 Å². The van der Waals surface area contributed by atoms with E-state index in [1.165, 1.54) is 4.90 Å². The summed E-state index contributed by atoms with van der Waals surface area (Å²) in [5.74, 6) is -3.10. The predicted molar refractivity (Wildman–Crippen MR) is 101 cm³/mol. The number of ketones is 1. The first kappa shape index (κ1) is 19.6. The van der Waals surface area contributed by atoms with E-state index >= 15 is 0 Å². The second-order valence-electron chi connectivity index (χ2n) is 6.39.